The van der Waals surface area contributed by atoms with E-state index in [-0.39, 0.29) is 17.2 Å². The van der Waals surface area contributed by atoms with Crippen molar-refractivity contribution in [1.82, 2.24) is 4.90 Å². The fourth-order valence-corrected chi connectivity index (χ4v) is 4.99. The number of hydrogen-bond acceptors (Lipinski definition) is 5. The number of rotatable bonds is 3. The summed E-state index contributed by atoms with van der Waals surface area (Å²) in [6, 6.07) is 16.0. The summed E-state index contributed by atoms with van der Waals surface area (Å²) in [5.74, 6) is -0.214. The molecule has 2 aliphatic heterocycles. The van der Waals surface area contributed by atoms with Gasteiger partial charge in [-0.25, -0.2) is 4.99 Å². The van der Waals surface area contributed by atoms with Crippen LogP contribution in [0.4, 0.5) is 10.5 Å². The van der Waals surface area contributed by atoms with Crippen molar-refractivity contribution in [2.75, 3.05) is 0 Å². The van der Waals surface area contributed by atoms with E-state index < -0.39 is 0 Å². The topological polar surface area (TPSA) is 49.7 Å². The number of carbonyl (C=O) groups excluding carboxylic acids is 2. The first-order valence-electron chi connectivity index (χ1n) is 8.72. The van der Waals surface area contributed by atoms with Gasteiger partial charge in [-0.1, -0.05) is 42.1 Å². The number of fused-ring (bicyclic) bond motifs is 1. The second-order valence-electron chi connectivity index (χ2n) is 6.63. The maximum absolute atomic E-state index is 12.4. The molecule has 0 aliphatic carbocycles. The molecule has 2 aromatic rings. The predicted molar refractivity (Wildman–Crippen MR) is 112 cm³/mol. The molecule has 27 heavy (non-hydrogen) atoms. The fraction of sp³-hybridized carbons (Fsp3) is 0.190. The molecular weight excluding hydrogens is 376 g/mol. The number of nitrogens with zero attached hydrogens (tertiary/aromatic N) is 2. The van der Waals surface area contributed by atoms with E-state index in [1.165, 1.54) is 10.5 Å². The van der Waals surface area contributed by atoms with Crippen LogP contribution < -0.4 is 0 Å². The second-order valence-corrected chi connectivity index (χ2v) is 8.77. The lowest BCUT2D eigenvalue weighted by molar-refractivity contribution is -0.123. The van der Waals surface area contributed by atoms with E-state index in [1.54, 1.807) is 17.8 Å². The highest BCUT2D eigenvalue weighted by molar-refractivity contribution is 8.18. The molecule has 0 bridgehead atoms. The zero-order chi connectivity index (χ0) is 19.0. The van der Waals surface area contributed by atoms with E-state index in [0.29, 0.717) is 4.91 Å². The number of benzene rings is 2. The number of amides is 2. The zero-order valence-corrected chi connectivity index (χ0v) is 16.6. The monoisotopic (exact) mass is 394 g/mol. The van der Waals surface area contributed by atoms with Gasteiger partial charge in [0.15, 0.2) is 0 Å². The Kier molecular flexibility index (Phi) is 4.93. The van der Waals surface area contributed by atoms with Crippen LogP contribution in [0.2, 0.25) is 0 Å². The molecule has 0 atom stereocenters. The van der Waals surface area contributed by atoms with Crippen LogP contribution >= 0.6 is 23.5 Å². The molecule has 136 valence electrons. The fourth-order valence-electron chi connectivity index (χ4n) is 3.05. The average molecular weight is 395 g/mol. The second kappa shape index (κ2) is 7.37. The van der Waals surface area contributed by atoms with E-state index in [9.17, 15) is 9.59 Å². The van der Waals surface area contributed by atoms with Crippen LogP contribution in [-0.4, -0.2) is 27.1 Å². The first-order valence-corrected chi connectivity index (χ1v) is 10.3. The van der Waals surface area contributed by atoms with Gasteiger partial charge in [-0.3, -0.25) is 14.5 Å². The van der Waals surface area contributed by atoms with Crippen LogP contribution in [0.3, 0.4) is 0 Å². The third-order valence-corrected chi connectivity index (χ3v) is 6.15. The SMILES string of the molecule is CC(C)N1C(=O)S/C(=C\c2cccc(SC3=Nc4ccccc4C3)c2)C1=O. The van der Waals surface area contributed by atoms with Crippen LogP contribution in [0, 0.1) is 0 Å². The largest absolute Gasteiger partial charge is 0.293 e. The number of aliphatic imine (C=N–C) groups is 1. The van der Waals surface area contributed by atoms with Gasteiger partial charge >= 0.3 is 0 Å². The maximum Gasteiger partial charge on any atom is 0.293 e. The summed E-state index contributed by atoms with van der Waals surface area (Å²) in [6.07, 6.45) is 2.64. The lowest BCUT2D eigenvalue weighted by Gasteiger charge is -2.16. The molecule has 2 amide bonds. The highest BCUT2D eigenvalue weighted by Gasteiger charge is 2.36. The van der Waals surface area contributed by atoms with Crippen LogP contribution in [0.1, 0.15) is 25.0 Å². The minimum absolute atomic E-state index is 0.132. The first-order chi connectivity index (χ1) is 13.0. The van der Waals surface area contributed by atoms with Crippen molar-refractivity contribution in [1.29, 1.82) is 0 Å². The number of imide groups is 1. The molecule has 4 rings (SSSR count). The Labute approximate surface area is 166 Å². The zero-order valence-electron chi connectivity index (χ0n) is 15.0. The van der Waals surface area contributed by atoms with E-state index in [0.717, 1.165) is 39.4 Å². The maximum atomic E-state index is 12.4. The lowest BCUT2D eigenvalue weighted by Crippen LogP contribution is -2.34. The lowest BCUT2D eigenvalue weighted by atomic mass is 10.2. The molecular formula is C21H18N2O2S2. The van der Waals surface area contributed by atoms with Crippen molar-refractivity contribution in [3.05, 3.63) is 64.6 Å². The molecule has 0 unspecified atom stereocenters. The Hall–Kier alpha value is -2.31. The summed E-state index contributed by atoms with van der Waals surface area (Å²) in [6.45, 7) is 3.69. The van der Waals surface area contributed by atoms with Gasteiger partial charge in [-0.05, 0) is 61.0 Å². The van der Waals surface area contributed by atoms with Crippen molar-refractivity contribution in [2.45, 2.75) is 31.2 Å². The molecule has 4 nitrogen and oxygen atoms in total. The Bertz CT molecular complexity index is 995. The molecule has 0 radical (unpaired) electrons. The summed E-state index contributed by atoms with van der Waals surface area (Å²) < 4.78 is 0. The van der Waals surface area contributed by atoms with Crippen LogP contribution in [0.25, 0.3) is 6.08 Å². The van der Waals surface area contributed by atoms with Gasteiger partial charge < -0.3 is 0 Å². The molecule has 0 spiro atoms. The summed E-state index contributed by atoms with van der Waals surface area (Å²) in [7, 11) is 0. The van der Waals surface area contributed by atoms with Crippen LogP contribution in [0.15, 0.2) is 63.3 Å². The van der Waals surface area contributed by atoms with Crippen molar-refractivity contribution in [3.63, 3.8) is 0 Å². The Morgan fingerprint density at radius 3 is 2.70 bits per heavy atom. The van der Waals surface area contributed by atoms with Gasteiger partial charge in [0.05, 0.1) is 15.6 Å². The van der Waals surface area contributed by atoms with Crippen LogP contribution in [0.5, 0.6) is 0 Å². The molecule has 0 aromatic heterocycles. The van der Waals surface area contributed by atoms with E-state index >= 15 is 0 Å². The van der Waals surface area contributed by atoms with Gasteiger partial charge in [-0.15, -0.1) is 0 Å². The van der Waals surface area contributed by atoms with Gasteiger partial charge in [0.25, 0.3) is 11.1 Å². The normalized spacial score (nSPS) is 17.8. The van der Waals surface area contributed by atoms with Gasteiger partial charge in [0, 0.05) is 17.4 Å². The van der Waals surface area contributed by atoms with Crippen LogP contribution in [-0.2, 0) is 11.2 Å². The van der Waals surface area contributed by atoms with E-state index in [1.807, 2.05) is 56.3 Å². The van der Waals surface area contributed by atoms with E-state index in [2.05, 4.69) is 11.1 Å². The molecule has 1 saturated heterocycles. The number of hydrogen-bond donors (Lipinski definition) is 0. The van der Waals surface area contributed by atoms with Gasteiger partial charge in [0.1, 0.15) is 0 Å². The molecule has 0 saturated carbocycles. The van der Waals surface area contributed by atoms with Crippen molar-refractivity contribution in [2.24, 2.45) is 4.99 Å². The summed E-state index contributed by atoms with van der Waals surface area (Å²) in [5.41, 5.74) is 3.20. The minimum atomic E-state index is -0.214. The Balaban J connectivity index is 1.52. The first kappa shape index (κ1) is 18.1. The quantitative estimate of drug-likeness (QED) is 0.644. The Morgan fingerprint density at radius 2 is 1.96 bits per heavy atom. The molecule has 2 aliphatic rings. The van der Waals surface area contributed by atoms with Gasteiger partial charge in [-0.2, -0.15) is 0 Å². The van der Waals surface area contributed by atoms with Crippen molar-refractivity contribution in [3.8, 4) is 0 Å². The summed E-state index contributed by atoms with van der Waals surface area (Å²) in [4.78, 5) is 32.0. The number of thioether (sulfide) groups is 2. The highest BCUT2D eigenvalue weighted by Crippen LogP contribution is 2.35. The summed E-state index contributed by atoms with van der Waals surface area (Å²) in [5, 5.41) is 0.860. The minimum Gasteiger partial charge on any atom is -0.268 e. The smallest absolute Gasteiger partial charge is 0.268 e. The van der Waals surface area contributed by atoms with E-state index in [4.69, 9.17) is 0 Å². The molecule has 0 N–H and O–H groups in total. The Morgan fingerprint density at radius 1 is 1.15 bits per heavy atom. The molecule has 1 fully saturated rings. The van der Waals surface area contributed by atoms with Crippen molar-refractivity contribution < 1.29 is 9.59 Å². The third kappa shape index (κ3) is 3.73. The molecule has 2 aromatic carbocycles. The summed E-state index contributed by atoms with van der Waals surface area (Å²) >= 11 is 2.64. The molecule has 2 heterocycles. The average Bonchev–Trinajstić information content (AvgIpc) is 3.15. The highest BCUT2D eigenvalue weighted by atomic mass is 32.2. The number of carbonyl (C=O) groups is 2. The van der Waals surface area contributed by atoms with Gasteiger partial charge in [0.2, 0.25) is 0 Å². The predicted octanol–water partition coefficient (Wildman–Crippen LogP) is 5.51. The standard InChI is InChI=1S/C21H18N2O2S2/c1-13(2)23-20(24)18(27-21(23)25)11-14-6-5-8-16(10-14)26-19-12-15-7-3-4-9-17(15)22-19/h3-11,13H,12H2,1-2H3/b18-11-. The molecule has 6 heteroatoms. The van der Waals surface area contributed by atoms with Crippen molar-refractivity contribution >= 4 is 51.5 Å². The number of para-hydroxylation sites is 1. The third-order valence-electron chi connectivity index (χ3n) is 4.31.